The maximum absolute atomic E-state index is 11.9. The van der Waals surface area contributed by atoms with Crippen molar-refractivity contribution in [3.05, 3.63) is 28.8 Å². The molecular weight excluding hydrogens is 291 g/mol. The maximum atomic E-state index is 11.9. The van der Waals surface area contributed by atoms with Gasteiger partial charge in [-0.2, -0.15) is 0 Å². The third kappa shape index (κ3) is 3.80. The minimum atomic E-state index is 0.0739. The van der Waals surface area contributed by atoms with Crippen LogP contribution < -0.4 is 4.74 Å². The van der Waals surface area contributed by atoms with Crippen molar-refractivity contribution in [1.82, 2.24) is 0 Å². The molecule has 4 heteroatoms. The van der Waals surface area contributed by atoms with Crippen molar-refractivity contribution in [3.8, 4) is 5.75 Å². The molecule has 0 spiro atoms. The van der Waals surface area contributed by atoms with Crippen molar-refractivity contribution in [3.63, 3.8) is 0 Å². The Balaban J connectivity index is 2.73. The van der Waals surface area contributed by atoms with Crippen molar-refractivity contribution in [2.24, 2.45) is 0 Å². The molecule has 2 nitrogen and oxygen atoms in total. The van der Waals surface area contributed by atoms with Crippen LogP contribution in [-0.4, -0.2) is 18.2 Å². The topological polar surface area (TPSA) is 26.3 Å². The molecule has 1 aromatic rings. The number of ketones is 1. The Bertz CT molecular complexity index is 366. The Morgan fingerprint density at radius 3 is 2.81 bits per heavy atom. The Hall–Kier alpha value is -0.540. The summed E-state index contributed by atoms with van der Waals surface area (Å²) in [6.07, 6.45) is 2.39. The molecule has 0 aliphatic rings. The first kappa shape index (κ1) is 13.5. The van der Waals surface area contributed by atoms with E-state index in [0.717, 1.165) is 18.2 Å². The summed E-state index contributed by atoms with van der Waals surface area (Å²) < 4.78 is 5.07. The van der Waals surface area contributed by atoms with Crippen LogP contribution in [0.2, 0.25) is 5.02 Å². The van der Waals surface area contributed by atoms with Gasteiger partial charge in [-0.25, -0.2) is 0 Å². The smallest absolute Gasteiger partial charge is 0.164 e. The van der Waals surface area contributed by atoms with Crippen molar-refractivity contribution < 1.29 is 9.53 Å². The first-order valence-electron chi connectivity index (χ1n) is 5.11. The molecule has 0 N–H and O–H groups in total. The molecule has 1 rings (SSSR count). The molecule has 1 aromatic carbocycles. The predicted octanol–water partition coefficient (Wildman–Crippen LogP) is 4.10. The lowest BCUT2D eigenvalue weighted by molar-refractivity contribution is 0.0979. The number of alkyl halides is 1. The number of hydrogen-bond donors (Lipinski definition) is 0. The largest absolute Gasteiger partial charge is 0.497 e. The predicted molar refractivity (Wildman–Crippen MR) is 70.0 cm³/mol. The van der Waals surface area contributed by atoms with Gasteiger partial charge < -0.3 is 4.74 Å². The lowest BCUT2D eigenvalue weighted by Gasteiger charge is -2.06. The molecule has 0 unspecified atom stereocenters. The molecule has 0 aliphatic heterocycles. The fraction of sp³-hybridized carbons (Fsp3) is 0.417. The zero-order chi connectivity index (χ0) is 12.0. The summed E-state index contributed by atoms with van der Waals surface area (Å²) in [5.41, 5.74) is 0.551. The average molecular weight is 306 g/mol. The molecular formula is C12H14BrClO2. The lowest BCUT2D eigenvalue weighted by atomic mass is 10.1. The quantitative estimate of drug-likeness (QED) is 0.449. The Morgan fingerprint density at radius 2 is 2.19 bits per heavy atom. The second kappa shape index (κ2) is 6.92. The molecule has 0 heterocycles. The fourth-order valence-corrected chi connectivity index (χ4v) is 1.98. The number of unbranched alkanes of at least 4 members (excludes halogenated alkanes) is 1. The van der Waals surface area contributed by atoms with E-state index in [1.165, 1.54) is 0 Å². The van der Waals surface area contributed by atoms with E-state index in [-0.39, 0.29) is 5.78 Å². The summed E-state index contributed by atoms with van der Waals surface area (Å²) in [5.74, 6) is 0.734. The fourth-order valence-electron chi connectivity index (χ4n) is 1.36. The zero-order valence-corrected chi connectivity index (χ0v) is 11.5. The molecule has 16 heavy (non-hydrogen) atoms. The van der Waals surface area contributed by atoms with Gasteiger partial charge in [-0.15, -0.1) is 0 Å². The summed E-state index contributed by atoms with van der Waals surface area (Å²) >= 11 is 9.31. The van der Waals surface area contributed by atoms with Crippen LogP contribution in [0.3, 0.4) is 0 Å². The second-order valence-corrected chi connectivity index (χ2v) is 4.62. The van der Waals surface area contributed by atoms with Gasteiger partial charge in [-0.1, -0.05) is 27.5 Å². The van der Waals surface area contributed by atoms with E-state index in [1.807, 2.05) is 0 Å². The van der Waals surface area contributed by atoms with Crippen LogP contribution in [0.1, 0.15) is 29.6 Å². The van der Waals surface area contributed by atoms with Gasteiger partial charge in [0.2, 0.25) is 0 Å². The molecule has 0 aliphatic carbocycles. The van der Waals surface area contributed by atoms with Crippen LogP contribution >= 0.6 is 27.5 Å². The number of Topliss-reactive ketones (excluding diaryl/α,β-unsaturated/α-hetero) is 1. The highest BCUT2D eigenvalue weighted by Gasteiger charge is 2.11. The van der Waals surface area contributed by atoms with E-state index >= 15 is 0 Å². The van der Waals surface area contributed by atoms with Crippen LogP contribution in [0.25, 0.3) is 0 Å². The zero-order valence-electron chi connectivity index (χ0n) is 9.13. The highest BCUT2D eigenvalue weighted by molar-refractivity contribution is 9.09. The normalized spacial score (nSPS) is 10.2. The molecule has 0 bridgehead atoms. The summed E-state index contributed by atoms with van der Waals surface area (Å²) in [7, 11) is 1.57. The van der Waals surface area contributed by atoms with Gasteiger partial charge >= 0.3 is 0 Å². The van der Waals surface area contributed by atoms with Crippen molar-refractivity contribution in [2.75, 3.05) is 12.4 Å². The molecule has 0 amide bonds. The minimum absolute atomic E-state index is 0.0739. The van der Waals surface area contributed by atoms with Gasteiger partial charge in [-0.3, -0.25) is 4.79 Å². The van der Waals surface area contributed by atoms with Crippen LogP contribution in [-0.2, 0) is 0 Å². The number of benzene rings is 1. The average Bonchev–Trinajstić information content (AvgIpc) is 2.30. The van der Waals surface area contributed by atoms with E-state index in [4.69, 9.17) is 16.3 Å². The highest BCUT2D eigenvalue weighted by Crippen LogP contribution is 2.23. The number of hydrogen-bond acceptors (Lipinski definition) is 2. The van der Waals surface area contributed by atoms with Crippen LogP contribution in [0.15, 0.2) is 18.2 Å². The lowest BCUT2D eigenvalue weighted by Crippen LogP contribution is -2.00. The van der Waals surface area contributed by atoms with Gasteiger partial charge in [0, 0.05) is 17.3 Å². The Labute approximate surface area is 109 Å². The number of carbonyl (C=O) groups excluding carboxylic acids is 1. The molecule has 0 fully saturated rings. The number of carbonyl (C=O) groups is 1. The molecule has 0 saturated carbocycles. The summed E-state index contributed by atoms with van der Waals surface area (Å²) in [5, 5.41) is 1.41. The third-order valence-electron chi connectivity index (χ3n) is 2.26. The second-order valence-electron chi connectivity index (χ2n) is 3.42. The standard InChI is InChI=1S/C12H14BrClO2/c1-16-9-5-6-11(14)10(8-9)12(15)4-2-3-7-13/h5-6,8H,2-4,7H2,1H3. The molecule has 88 valence electrons. The van der Waals surface area contributed by atoms with Gasteiger partial charge in [-0.05, 0) is 31.0 Å². The number of halogens is 2. The van der Waals surface area contributed by atoms with Crippen molar-refractivity contribution in [1.29, 1.82) is 0 Å². The van der Waals surface area contributed by atoms with Crippen LogP contribution in [0.5, 0.6) is 5.75 Å². The molecule has 0 atom stereocenters. The van der Waals surface area contributed by atoms with E-state index in [9.17, 15) is 4.79 Å². The SMILES string of the molecule is COc1ccc(Cl)c(C(=O)CCCCBr)c1. The third-order valence-corrected chi connectivity index (χ3v) is 3.15. The van der Waals surface area contributed by atoms with E-state index in [0.29, 0.717) is 22.8 Å². The molecule has 0 aromatic heterocycles. The van der Waals surface area contributed by atoms with Crippen LogP contribution in [0.4, 0.5) is 0 Å². The first-order chi connectivity index (χ1) is 7.69. The Morgan fingerprint density at radius 1 is 1.44 bits per heavy atom. The first-order valence-corrected chi connectivity index (χ1v) is 6.61. The van der Waals surface area contributed by atoms with Gasteiger partial charge in [0.25, 0.3) is 0 Å². The van der Waals surface area contributed by atoms with E-state index < -0.39 is 0 Å². The number of rotatable bonds is 6. The van der Waals surface area contributed by atoms with Gasteiger partial charge in [0.1, 0.15) is 5.75 Å². The minimum Gasteiger partial charge on any atom is -0.497 e. The summed E-state index contributed by atoms with van der Waals surface area (Å²) in [4.78, 5) is 11.9. The maximum Gasteiger partial charge on any atom is 0.164 e. The monoisotopic (exact) mass is 304 g/mol. The molecule has 0 radical (unpaired) electrons. The molecule has 0 saturated heterocycles. The van der Waals surface area contributed by atoms with Gasteiger partial charge in [0.15, 0.2) is 5.78 Å². The van der Waals surface area contributed by atoms with Crippen LogP contribution in [0, 0.1) is 0 Å². The van der Waals surface area contributed by atoms with Crippen molar-refractivity contribution in [2.45, 2.75) is 19.3 Å². The van der Waals surface area contributed by atoms with E-state index in [1.54, 1.807) is 25.3 Å². The van der Waals surface area contributed by atoms with E-state index in [2.05, 4.69) is 15.9 Å². The van der Waals surface area contributed by atoms with Crippen molar-refractivity contribution >= 4 is 33.3 Å². The summed E-state index contributed by atoms with van der Waals surface area (Å²) in [6.45, 7) is 0. The Kier molecular flexibility index (Phi) is 5.85. The number of ether oxygens (including phenoxy) is 1. The number of methoxy groups -OCH3 is 1. The highest BCUT2D eigenvalue weighted by atomic mass is 79.9. The summed E-state index contributed by atoms with van der Waals surface area (Å²) in [6, 6.07) is 5.13. The van der Waals surface area contributed by atoms with Gasteiger partial charge in [0.05, 0.1) is 12.1 Å².